The van der Waals surface area contributed by atoms with E-state index in [1.807, 2.05) is 24.7 Å². The number of nitrogens with one attached hydrogen (secondary N) is 2. The zero-order valence-corrected chi connectivity index (χ0v) is 14.4. The molecule has 0 radical (unpaired) electrons. The third kappa shape index (κ3) is 2.63. The second kappa shape index (κ2) is 6.29. The van der Waals surface area contributed by atoms with E-state index in [-0.39, 0.29) is 0 Å². The number of hydrogen-bond acceptors (Lipinski definition) is 4. The van der Waals surface area contributed by atoms with Crippen molar-refractivity contribution in [2.24, 2.45) is 0 Å². The van der Waals surface area contributed by atoms with Gasteiger partial charge in [-0.15, -0.1) is 0 Å². The summed E-state index contributed by atoms with van der Waals surface area (Å²) in [4.78, 5) is 6.96. The minimum absolute atomic E-state index is 0.964. The van der Waals surface area contributed by atoms with Gasteiger partial charge in [-0.05, 0) is 49.1 Å². The van der Waals surface area contributed by atoms with Gasteiger partial charge < -0.3 is 4.90 Å². The van der Waals surface area contributed by atoms with Gasteiger partial charge in [0.25, 0.3) is 0 Å². The maximum absolute atomic E-state index is 4.59. The van der Waals surface area contributed by atoms with Crippen LogP contribution < -0.4 is 4.90 Å². The molecule has 3 aromatic heterocycles. The van der Waals surface area contributed by atoms with Crippen LogP contribution >= 0.6 is 0 Å². The number of rotatable bonds is 3. The quantitative estimate of drug-likeness (QED) is 0.589. The molecule has 4 heterocycles. The molecule has 0 aliphatic carbocycles. The Morgan fingerprint density at radius 2 is 1.85 bits per heavy atom. The summed E-state index contributed by atoms with van der Waals surface area (Å²) in [6, 6.07) is 10.5. The summed E-state index contributed by atoms with van der Waals surface area (Å²) in [5.74, 6) is 1.05. The summed E-state index contributed by atoms with van der Waals surface area (Å²) in [5, 5.41) is 15.8. The van der Waals surface area contributed by atoms with Crippen molar-refractivity contribution < 1.29 is 0 Å². The molecule has 2 N–H and O–H groups in total. The SMILES string of the molecule is c1cc(-c2n[nH]c3ccc(-c4cn[nH]c4)cc23)cc(N2CCCCC2)n1. The Bertz CT molecular complexity index is 1030. The van der Waals surface area contributed by atoms with Crippen molar-refractivity contribution in [3.63, 3.8) is 0 Å². The largest absolute Gasteiger partial charge is 0.357 e. The highest BCUT2D eigenvalue weighted by Gasteiger charge is 2.15. The lowest BCUT2D eigenvalue weighted by molar-refractivity contribution is 0.573. The van der Waals surface area contributed by atoms with Crippen molar-refractivity contribution in [1.82, 2.24) is 25.4 Å². The van der Waals surface area contributed by atoms with Crippen molar-refractivity contribution >= 4 is 16.7 Å². The van der Waals surface area contributed by atoms with Gasteiger partial charge >= 0.3 is 0 Å². The Balaban J connectivity index is 1.57. The molecule has 6 heteroatoms. The van der Waals surface area contributed by atoms with Gasteiger partial charge in [0.1, 0.15) is 11.5 Å². The van der Waals surface area contributed by atoms with Crippen LogP contribution in [0, 0.1) is 0 Å². The molecule has 130 valence electrons. The van der Waals surface area contributed by atoms with Crippen LogP contribution in [0.2, 0.25) is 0 Å². The fourth-order valence-corrected chi connectivity index (χ4v) is 3.68. The molecule has 1 saturated heterocycles. The van der Waals surface area contributed by atoms with Gasteiger partial charge in [0.05, 0.1) is 11.7 Å². The van der Waals surface area contributed by atoms with Crippen molar-refractivity contribution in [2.45, 2.75) is 19.3 Å². The number of nitrogens with zero attached hydrogens (tertiary/aromatic N) is 4. The smallest absolute Gasteiger partial charge is 0.129 e. The lowest BCUT2D eigenvalue weighted by Crippen LogP contribution is -2.30. The molecule has 0 saturated carbocycles. The number of fused-ring (bicyclic) bond motifs is 1. The molecule has 4 aromatic rings. The number of piperidine rings is 1. The van der Waals surface area contributed by atoms with Gasteiger partial charge in [-0.2, -0.15) is 10.2 Å². The third-order valence-corrected chi connectivity index (χ3v) is 5.09. The number of hydrogen-bond donors (Lipinski definition) is 2. The Morgan fingerprint density at radius 1 is 0.923 bits per heavy atom. The molecule has 0 bridgehead atoms. The molecule has 5 rings (SSSR count). The Morgan fingerprint density at radius 3 is 2.69 bits per heavy atom. The standard InChI is InChI=1S/C20H20N6/c1-2-8-26(9-3-1)19-11-15(6-7-21-19)20-17-10-14(16-12-22-23-13-16)4-5-18(17)24-25-20/h4-7,10-13H,1-3,8-9H2,(H,22,23)(H,24,25). The van der Waals surface area contributed by atoms with Crippen molar-refractivity contribution in [3.8, 4) is 22.4 Å². The number of benzene rings is 1. The zero-order chi connectivity index (χ0) is 17.3. The van der Waals surface area contributed by atoms with Crippen LogP contribution in [0.5, 0.6) is 0 Å². The maximum atomic E-state index is 4.59. The minimum Gasteiger partial charge on any atom is -0.357 e. The first-order valence-corrected chi connectivity index (χ1v) is 9.07. The first-order valence-electron chi connectivity index (χ1n) is 9.07. The molecule has 1 aliphatic heterocycles. The highest BCUT2D eigenvalue weighted by molar-refractivity contribution is 5.95. The van der Waals surface area contributed by atoms with Crippen LogP contribution in [0.3, 0.4) is 0 Å². The number of H-pyrrole nitrogens is 2. The molecule has 1 aliphatic rings. The monoisotopic (exact) mass is 344 g/mol. The first kappa shape index (κ1) is 15.1. The molecule has 6 nitrogen and oxygen atoms in total. The number of aromatic amines is 2. The predicted octanol–water partition coefficient (Wildman–Crippen LogP) is 4.01. The average Bonchev–Trinajstić information content (AvgIpc) is 3.38. The van der Waals surface area contributed by atoms with Crippen LogP contribution in [0.4, 0.5) is 5.82 Å². The summed E-state index contributed by atoms with van der Waals surface area (Å²) >= 11 is 0. The first-order chi connectivity index (χ1) is 12.9. The molecule has 0 atom stereocenters. The lowest BCUT2D eigenvalue weighted by atomic mass is 10.0. The van der Waals surface area contributed by atoms with Gasteiger partial charge in [0.15, 0.2) is 0 Å². The van der Waals surface area contributed by atoms with Gasteiger partial charge in [-0.25, -0.2) is 4.98 Å². The molecule has 0 spiro atoms. The van der Waals surface area contributed by atoms with Crippen molar-refractivity contribution in [1.29, 1.82) is 0 Å². The molecule has 1 fully saturated rings. The molecule has 0 amide bonds. The van der Waals surface area contributed by atoms with Crippen LogP contribution in [0.25, 0.3) is 33.3 Å². The summed E-state index contributed by atoms with van der Waals surface area (Å²) in [7, 11) is 0. The normalized spacial score (nSPS) is 14.8. The molecule has 0 unspecified atom stereocenters. The molecular weight excluding hydrogens is 324 g/mol. The van der Waals surface area contributed by atoms with Crippen LogP contribution in [-0.4, -0.2) is 38.5 Å². The van der Waals surface area contributed by atoms with Gasteiger partial charge in [-0.3, -0.25) is 10.2 Å². The predicted molar refractivity (Wildman–Crippen MR) is 103 cm³/mol. The Kier molecular flexibility index (Phi) is 3.66. The van der Waals surface area contributed by atoms with E-state index in [1.165, 1.54) is 19.3 Å². The fraction of sp³-hybridized carbons (Fsp3) is 0.250. The van der Waals surface area contributed by atoms with E-state index < -0.39 is 0 Å². The van der Waals surface area contributed by atoms with Crippen molar-refractivity contribution in [3.05, 3.63) is 48.9 Å². The van der Waals surface area contributed by atoms with Crippen molar-refractivity contribution in [2.75, 3.05) is 18.0 Å². The third-order valence-electron chi connectivity index (χ3n) is 5.09. The van der Waals surface area contributed by atoms with E-state index in [4.69, 9.17) is 0 Å². The second-order valence-electron chi connectivity index (χ2n) is 6.77. The zero-order valence-electron chi connectivity index (χ0n) is 14.4. The fourth-order valence-electron chi connectivity index (χ4n) is 3.68. The van der Waals surface area contributed by atoms with Crippen LogP contribution in [0.15, 0.2) is 48.9 Å². The van der Waals surface area contributed by atoms with E-state index in [2.05, 4.69) is 54.5 Å². The Labute approximate surface area is 151 Å². The van der Waals surface area contributed by atoms with E-state index in [1.54, 1.807) is 0 Å². The number of aromatic nitrogens is 5. The highest BCUT2D eigenvalue weighted by atomic mass is 15.2. The highest BCUT2D eigenvalue weighted by Crippen LogP contribution is 2.31. The van der Waals surface area contributed by atoms with E-state index in [0.29, 0.717) is 0 Å². The number of anilines is 1. The van der Waals surface area contributed by atoms with E-state index in [0.717, 1.165) is 52.2 Å². The summed E-state index contributed by atoms with van der Waals surface area (Å²) in [6.07, 6.45) is 9.43. The summed E-state index contributed by atoms with van der Waals surface area (Å²) < 4.78 is 0. The lowest BCUT2D eigenvalue weighted by Gasteiger charge is -2.27. The number of pyridine rings is 1. The summed E-state index contributed by atoms with van der Waals surface area (Å²) in [6.45, 7) is 2.17. The Hall–Kier alpha value is -3.15. The van der Waals surface area contributed by atoms with Gasteiger partial charge in [0.2, 0.25) is 0 Å². The van der Waals surface area contributed by atoms with E-state index in [9.17, 15) is 0 Å². The van der Waals surface area contributed by atoms with Crippen LogP contribution in [-0.2, 0) is 0 Å². The topological polar surface area (TPSA) is 73.5 Å². The van der Waals surface area contributed by atoms with Gasteiger partial charge in [0, 0.05) is 42.0 Å². The minimum atomic E-state index is 0.964. The second-order valence-corrected chi connectivity index (χ2v) is 6.77. The van der Waals surface area contributed by atoms with Gasteiger partial charge in [-0.1, -0.05) is 6.07 Å². The van der Waals surface area contributed by atoms with Crippen LogP contribution in [0.1, 0.15) is 19.3 Å². The average molecular weight is 344 g/mol. The maximum Gasteiger partial charge on any atom is 0.129 e. The molecular formula is C20H20N6. The summed E-state index contributed by atoms with van der Waals surface area (Å²) in [5.41, 5.74) is 5.28. The molecule has 26 heavy (non-hydrogen) atoms. The van der Waals surface area contributed by atoms with E-state index >= 15 is 0 Å². The molecule has 1 aromatic carbocycles.